The Hall–Kier alpha value is -3.13. The highest BCUT2D eigenvalue weighted by Crippen LogP contribution is 2.14. The second-order valence-corrected chi connectivity index (χ2v) is 4.48. The van der Waals surface area contributed by atoms with E-state index in [-0.39, 0.29) is 0 Å². The molecule has 0 aromatic heterocycles. The molecule has 1 N–H and O–H groups in total. The van der Waals surface area contributed by atoms with E-state index in [4.69, 9.17) is 10.00 Å². The zero-order valence-electron chi connectivity index (χ0n) is 12.1. The second kappa shape index (κ2) is 7.60. The number of nitrogens with zero attached hydrogens (tertiary/aromatic N) is 2. The lowest BCUT2D eigenvalue weighted by Crippen LogP contribution is -2.24. The van der Waals surface area contributed by atoms with E-state index in [2.05, 4.69) is 10.5 Å². The molecule has 0 bridgehead atoms. The Morgan fingerprint density at radius 1 is 1.27 bits per heavy atom. The van der Waals surface area contributed by atoms with Crippen LogP contribution in [0.4, 0.5) is 0 Å². The second-order valence-electron chi connectivity index (χ2n) is 4.48. The molecule has 0 spiro atoms. The van der Waals surface area contributed by atoms with Crippen molar-refractivity contribution in [1.29, 1.82) is 5.26 Å². The number of benzene rings is 2. The summed E-state index contributed by atoms with van der Waals surface area (Å²) >= 11 is 0. The normalized spacial score (nSPS) is 11.6. The molecule has 0 aliphatic heterocycles. The van der Waals surface area contributed by atoms with Gasteiger partial charge < -0.3 is 4.74 Å². The zero-order chi connectivity index (χ0) is 15.8. The fourth-order valence-corrected chi connectivity index (χ4v) is 1.89. The van der Waals surface area contributed by atoms with Gasteiger partial charge in [0.2, 0.25) is 0 Å². The van der Waals surface area contributed by atoms with Gasteiger partial charge in [0.15, 0.2) is 5.92 Å². The Bertz CT molecular complexity index is 705. The van der Waals surface area contributed by atoms with Crippen LogP contribution in [0.2, 0.25) is 0 Å². The number of hydrogen-bond donors (Lipinski definition) is 1. The van der Waals surface area contributed by atoms with Crippen molar-refractivity contribution < 1.29 is 9.53 Å². The molecule has 0 saturated carbocycles. The van der Waals surface area contributed by atoms with Crippen LogP contribution < -0.4 is 10.2 Å². The molecule has 2 aromatic rings. The molecule has 2 aromatic carbocycles. The van der Waals surface area contributed by atoms with E-state index in [0.717, 1.165) is 5.56 Å². The molecule has 0 fully saturated rings. The van der Waals surface area contributed by atoms with E-state index in [1.807, 2.05) is 30.3 Å². The lowest BCUT2D eigenvalue weighted by Gasteiger charge is -2.07. The minimum atomic E-state index is -0.886. The van der Waals surface area contributed by atoms with Crippen LogP contribution in [0.5, 0.6) is 5.75 Å². The predicted molar refractivity (Wildman–Crippen MR) is 83.5 cm³/mol. The van der Waals surface area contributed by atoms with Crippen LogP contribution >= 0.6 is 0 Å². The first-order valence-corrected chi connectivity index (χ1v) is 6.66. The molecule has 0 heterocycles. The first-order valence-electron chi connectivity index (χ1n) is 6.66. The van der Waals surface area contributed by atoms with Crippen molar-refractivity contribution in [3.05, 3.63) is 65.7 Å². The number of hydrazone groups is 1. The number of carbonyl (C=O) groups excluding carboxylic acids is 1. The van der Waals surface area contributed by atoms with E-state index in [0.29, 0.717) is 11.3 Å². The fraction of sp³-hybridized carbons (Fsp3) is 0.118. The summed E-state index contributed by atoms with van der Waals surface area (Å²) in [5.41, 5.74) is 3.81. The first kappa shape index (κ1) is 15.3. The Morgan fingerprint density at radius 2 is 2.05 bits per heavy atom. The Labute approximate surface area is 128 Å². The lowest BCUT2D eigenvalue weighted by molar-refractivity contribution is -0.121. The van der Waals surface area contributed by atoms with Gasteiger partial charge in [0.05, 0.1) is 19.4 Å². The van der Waals surface area contributed by atoms with Crippen LogP contribution in [0.25, 0.3) is 0 Å². The number of nitrogens with one attached hydrogen (secondary N) is 1. The molecular weight excluding hydrogens is 278 g/mol. The molecule has 5 nitrogen and oxygen atoms in total. The minimum absolute atomic E-state index is 0.465. The molecule has 110 valence electrons. The number of amides is 1. The van der Waals surface area contributed by atoms with Gasteiger partial charge in [0.1, 0.15) is 5.75 Å². The molecule has 22 heavy (non-hydrogen) atoms. The van der Waals surface area contributed by atoms with Gasteiger partial charge in [0, 0.05) is 0 Å². The molecule has 0 aliphatic rings. The van der Waals surface area contributed by atoms with E-state index < -0.39 is 11.8 Å². The number of rotatable bonds is 5. The maximum Gasteiger partial charge on any atom is 0.261 e. The van der Waals surface area contributed by atoms with Crippen LogP contribution in [0.15, 0.2) is 59.7 Å². The molecule has 0 radical (unpaired) electrons. The van der Waals surface area contributed by atoms with Gasteiger partial charge in [-0.3, -0.25) is 4.79 Å². The average molecular weight is 293 g/mol. The maximum atomic E-state index is 12.0. The molecular formula is C17H15N3O2. The average Bonchev–Trinajstić information content (AvgIpc) is 2.57. The van der Waals surface area contributed by atoms with Gasteiger partial charge in [-0.05, 0) is 23.3 Å². The van der Waals surface area contributed by atoms with Crippen LogP contribution in [-0.4, -0.2) is 19.2 Å². The third-order valence-corrected chi connectivity index (χ3v) is 3.01. The summed E-state index contributed by atoms with van der Waals surface area (Å²) in [7, 11) is 1.58. The summed E-state index contributed by atoms with van der Waals surface area (Å²) in [5, 5.41) is 13.0. The highest BCUT2D eigenvalue weighted by atomic mass is 16.5. The lowest BCUT2D eigenvalue weighted by atomic mass is 10.0. The Balaban J connectivity index is 2.02. The number of ether oxygens (including phenoxy) is 1. The summed E-state index contributed by atoms with van der Waals surface area (Å²) < 4.78 is 5.10. The molecule has 1 atom stereocenters. The van der Waals surface area contributed by atoms with Gasteiger partial charge in [-0.2, -0.15) is 10.4 Å². The number of methoxy groups -OCH3 is 1. The van der Waals surface area contributed by atoms with Crippen molar-refractivity contribution >= 4 is 12.1 Å². The van der Waals surface area contributed by atoms with E-state index in [9.17, 15) is 4.79 Å². The summed E-state index contributed by atoms with van der Waals surface area (Å²) in [4.78, 5) is 12.0. The van der Waals surface area contributed by atoms with Crippen molar-refractivity contribution in [3.8, 4) is 11.8 Å². The summed E-state index contributed by atoms with van der Waals surface area (Å²) in [6.07, 6.45) is 1.50. The van der Waals surface area contributed by atoms with Gasteiger partial charge in [-0.1, -0.05) is 42.5 Å². The highest BCUT2D eigenvalue weighted by Gasteiger charge is 2.19. The predicted octanol–water partition coefficient (Wildman–Crippen LogP) is 2.45. The minimum Gasteiger partial charge on any atom is -0.497 e. The van der Waals surface area contributed by atoms with Gasteiger partial charge >= 0.3 is 0 Å². The Kier molecular flexibility index (Phi) is 5.27. The number of carbonyl (C=O) groups is 1. The van der Waals surface area contributed by atoms with Crippen LogP contribution in [0.3, 0.4) is 0 Å². The van der Waals surface area contributed by atoms with Crippen molar-refractivity contribution in [2.75, 3.05) is 7.11 Å². The SMILES string of the molecule is COc1cccc(/C=N\NC(=O)[C@H](C#N)c2ccccc2)c1. The summed E-state index contributed by atoms with van der Waals surface area (Å²) in [5.74, 6) is -0.647. The van der Waals surface area contributed by atoms with Crippen LogP contribution in [-0.2, 0) is 4.79 Å². The number of hydrogen-bond acceptors (Lipinski definition) is 4. The zero-order valence-corrected chi connectivity index (χ0v) is 12.1. The monoisotopic (exact) mass is 293 g/mol. The highest BCUT2D eigenvalue weighted by molar-refractivity contribution is 5.88. The van der Waals surface area contributed by atoms with Crippen molar-refractivity contribution in [2.24, 2.45) is 5.10 Å². The molecule has 0 aliphatic carbocycles. The van der Waals surface area contributed by atoms with E-state index >= 15 is 0 Å². The van der Waals surface area contributed by atoms with E-state index in [1.165, 1.54) is 6.21 Å². The molecule has 1 amide bonds. The van der Waals surface area contributed by atoms with Crippen LogP contribution in [0.1, 0.15) is 17.0 Å². The third kappa shape index (κ3) is 3.93. The van der Waals surface area contributed by atoms with E-state index in [1.54, 1.807) is 37.4 Å². The molecule has 5 heteroatoms. The topological polar surface area (TPSA) is 74.5 Å². The fourth-order valence-electron chi connectivity index (χ4n) is 1.89. The maximum absolute atomic E-state index is 12.0. The largest absolute Gasteiger partial charge is 0.497 e. The quantitative estimate of drug-likeness (QED) is 0.679. The molecule has 0 saturated heterocycles. The van der Waals surface area contributed by atoms with Crippen molar-refractivity contribution in [1.82, 2.24) is 5.43 Å². The standard InChI is InChI=1S/C17H15N3O2/c1-22-15-9-5-6-13(10-15)12-19-20-17(21)16(11-18)14-7-3-2-4-8-14/h2-10,12,16H,1H3,(H,20,21)/b19-12-/t16-/m1/s1. The van der Waals surface area contributed by atoms with Gasteiger partial charge in [-0.15, -0.1) is 0 Å². The summed E-state index contributed by atoms with van der Waals surface area (Å²) in [6.45, 7) is 0. The smallest absolute Gasteiger partial charge is 0.261 e. The molecule has 0 unspecified atom stereocenters. The number of nitriles is 1. The van der Waals surface area contributed by atoms with Crippen LogP contribution in [0, 0.1) is 11.3 Å². The molecule has 2 rings (SSSR count). The van der Waals surface area contributed by atoms with Crippen molar-refractivity contribution in [3.63, 3.8) is 0 Å². The van der Waals surface area contributed by atoms with Gasteiger partial charge in [-0.25, -0.2) is 5.43 Å². The summed E-state index contributed by atoms with van der Waals surface area (Å²) in [6, 6.07) is 18.1. The van der Waals surface area contributed by atoms with Gasteiger partial charge in [0.25, 0.3) is 5.91 Å². The first-order chi connectivity index (χ1) is 10.7. The Morgan fingerprint density at radius 3 is 2.73 bits per heavy atom. The van der Waals surface area contributed by atoms with Crippen molar-refractivity contribution in [2.45, 2.75) is 5.92 Å². The third-order valence-electron chi connectivity index (χ3n) is 3.01.